The van der Waals surface area contributed by atoms with E-state index >= 15 is 0 Å². The molecule has 200 valence electrons. The molecule has 1 fully saturated rings. The molecule has 0 bridgehead atoms. The minimum atomic E-state index is -0.584. The van der Waals surface area contributed by atoms with E-state index in [9.17, 15) is 20.2 Å². The Hall–Kier alpha value is -4.64. The number of carbonyl (C=O) groups excluding carboxylic acids is 1. The highest BCUT2D eigenvalue weighted by Crippen LogP contribution is 2.33. The summed E-state index contributed by atoms with van der Waals surface area (Å²) in [4.78, 5) is 23.4. The van der Waals surface area contributed by atoms with Gasteiger partial charge < -0.3 is 14.8 Å². The molecule has 1 aliphatic rings. The molecule has 0 spiro atoms. The van der Waals surface area contributed by atoms with E-state index in [4.69, 9.17) is 9.47 Å². The summed E-state index contributed by atoms with van der Waals surface area (Å²) in [6.45, 7) is 0.673. The molecule has 4 rings (SSSR count). The molecule has 0 saturated heterocycles. The summed E-state index contributed by atoms with van der Waals surface area (Å²) in [5.41, 5.74) is 2.12. The second-order valence-electron chi connectivity index (χ2n) is 9.42. The Kier molecular flexibility index (Phi) is 9.68. The fourth-order valence-electron chi connectivity index (χ4n) is 4.65. The van der Waals surface area contributed by atoms with E-state index in [2.05, 4.69) is 17.4 Å². The first kappa shape index (κ1) is 27.4. The van der Waals surface area contributed by atoms with Gasteiger partial charge in [0.1, 0.15) is 36.4 Å². The molecule has 8 nitrogen and oxygen atoms in total. The van der Waals surface area contributed by atoms with Crippen molar-refractivity contribution in [3.05, 3.63) is 105 Å². The zero-order valence-corrected chi connectivity index (χ0v) is 21.7. The van der Waals surface area contributed by atoms with E-state index in [0.717, 1.165) is 11.3 Å². The molecule has 0 aromatic heterocycles. The van der Waals surface area contributed by atoms with Gasteiger partial charge >= 0.3 is 0 Å². The van der Waals surface area contributed by atoms with Crippen LogP contribution in [-0.2, 0) is 11.3 Å². The summed E-state index contributed by atoms with van der Waals surface area (Å²) >= 11 is 0. The van der Waals surface area contributed by atoms with E-state index in [-0.39, 0.29) is 36.6 Å². The Morgan fingerprint density at radius 1 is 1.00 bits per heavy atom. The van der Waals surface area contributed by atoms with Gasteiger partial charge in [-0.05, 0) is 54.2 Å². The van der Waals surface area contributed by atoms with Crippen molar-refractivity contribution >= 4 is 17.7 Å². The highest BCUT2D eigenvalue weighted by molar-refractivity contribution is 6.02. The Balaban J connectivity index is 1.38. The highest BCUT2D eigenvalue weighted by Gasteiger charge is 2.16. The Labute approximate surface area is 228 Å². The van der Waals surface area contributed by atoms with Crippen LogP contribution in [0.15, 0.2) is 78.4 Å². The van der Waals surface area contributed by atoms with Crippen molar-refractivity contribution in [3.63, 3.8) is 0 Å². The zero-order valence-electron chi connectivity index (χ0n) is 21.7. The van der Waals surface area contributed by atoms with Crippen LogP contribution in [0.25, 0.3) is 6.08 Å². The topological polar surface area (TPSA) is 114 Å². The summed E-state index contributed by atoms with van der Waals surface area (Å²) in [5.74, 6) is 1.09. The SMILES string of the molecule is N#C/C(=C\c1cc([N+](=O)[O-])ccc1OCCOc1ccc(C2CCCCC2)cc1)C(=O)NCc1ccccc1. The molecule has 1 N–H and O–H groups in total. The van der Waals surface area contributed by atoms with Crippen molar-refractivity contribution in [2.24, 2.45) is 0 Å². The van der Waals surface area contributed by atoms with Crippen molar-refractivity contribution in [2.75, 3.05) is 13.2 Å². The molecule has 3 aromatic rings. The lowest BCUT2D eigenvalue weighted by molar-refractivity contribution is -0.384. The molecule has 1 amide bonds. The zero-order chi connectivity index (χ0) is 27.5. The van der Waals surface area contributed by atoms with Crippen LogP contribution in [-0.4, -0.2) is 24.0 Å². The van der Waals surface area contributed by atoms with E-state index in [0.29, 0.717) is 11.7 Å². The third-order valence-corrected chi connectivity index (χ3v) is 6.73. The highest BCUT2D eigenvalue weighted by atomic mass is 16.6. The summed E-state index contributed by atoms with van der Waals surface area (Å²) in [7, 11) is 0. The van der Waals surface area contributed by atoms with E-state index in [1.807, 2.05) is 48.5 Å². The molecule has 3 aromatic carbocycles. The maximum absolute atomic E-state index is 12.6. The number of nitriles is 1. The average Bonchev–Trinajstić information content (AvgIpc) is 2.98. The van der Waals surface area contributed by atoms with Crippen molar-refractivity contribution < 1.29 is 19.2 Å². The van der Waals surface area contributed by atoms with Crippen LogP contribution < -0.4 is 14.8 Å². The summed E-state index contributed by atoms with van der Waals surface area (Å²) in [6.07, 6.45) is 7.67. The molecular weight excluding hydrogens is 494 g/mol. The van der Waals surface area contributed by atoms with Crippen LogP contribution in [0.2, 0.25) is 0 Å². The number of non-ortho nitro benzene ring substituents is 1. The number of nitro groups is 1. The van der Waals surface area contributed by atoms with Gasteiger partial charge in [-0.3, -0.25) is 14.9 Å². The largest absolute Gasteiger partial charge is 0.490 e. The molecule has 0 atom stereocenters. The monoisotopic (exact) mass is 525 g/mol. The first-order valence-electron chi connectivity index (χ1n) is 13.1. The predicted octanol–water partition coefficient (Wildman–Crippen LogP) is 6.32. The lowest BCUT2D eigenvalue weighted by Gasteiger charge is -2.22. The molecule has 1 saturated carbocycles. The third kappa shape index (κ3) is 7.92. The molecule has 0 unspecified atom stereocenters. The lowest BCUT2D eigenvalue weighted by atomic mass is 9.84. The number of nitrogens with one attached hydrogen (secondary N) is 1. The van der Waals surface area contributed by atoms with Gasteiger partial charge in [0.15, 0.2) is 0 Å². The van der Waals surface area contributed by atoms with Crippen molar-refractivity contribution in [1.29, 1.82) is 5.26 Å². The number of amides is 1. The van der Waals surface area contributed by atoms with Gasteiger partial charge in [0.2, 0.25) is 0 Å². The third-order valence-electron chi connectivity index (χ3n) is 6.73. The minimum Gasteiger partial charge on any atom is -0.490 e. The van der Waals surface area contributed by atoms with Crippen LogP contribution in [0.4, 0.5) is 5.69 Å². The fraction of sp³-hybridized carbons (Fsp3) is 0.290. The normalized spacial score (nSPS) is 13.8. The first-order valence-corrected chi connectivity index (χ1v) is 13.1. The summed E-state index contributed by atoms with van der Waals surface area (Å²) in [6, 6.07) is 23.4. The van der Waals surface area contributed by atoms with Gasteiger partial charge in [0.25, 0.3) is 11.6 Å². The minimum absolute atomic E-state index is 0.172. The molecule has 8 heteroatoms. The number of benzene rings is 3. The van der Waals surface area contributed by atoms with Crippen molar-refractivity contribution in [3.8, 4) is 17.6 Å². The summed E-state index contributed by atoms with van der Waals surface area (Å²) < 4.78 is 11.7. The van der Waals surface area contributed by atoms with Crippen LogP contribution in [0, 0.1) is 21.4 Å². The number of nitrogens with zero attached hydrogens (tertiary/aromatic N) is 2. The molecule has 0 aliphatic heterocycles. The fourth-order valence-corrected chi connectivity index (χ4v) is 4.65. The smallest absolute Gasteiger partial charge is 0.270 e. The quantitative estimate of drug-likeness (QED) is 0.103. The van der Waals surface area contributed by atoms with E-state index in [1.165, 1.54) is 61.9 Å². The standard InChI is InChI=1S/C31H31N3O5/c32-21-27(31(35)33-22-23-7-3-1-4-8-23)19-26-20-28(34(36)37)13-16-30(26)39-18-17-38-29-14-11-25(12-15-29)24-9-5-2-6-10-24/h1,3-4,7-8,11-16,19-20,24H,2,5-6,9-10,17-18,22H2,(H,33,35)/b27-19+. The van der Waals surface area contributed by atoms with Gasteiger partial charge in [-0.2, -0.15) is 5.26 Å². The Morgan fingerprint density at radius 3 is 2.41 bits per heavy atom. The number of ether oxygens (including phenoxy) is 2. The lowest BCUT2D eigenvalue weighted by Crippen LogP contribution is -2.23. The van der Waals surface area contributed by atoms with Crippen LogP contribution >= 0.6 is 0 Å². The van der Waals surface area contributed by atoms with Gasteiger partial charge in [-0.15, -0.1) is 0 Å². The number of rotatable bonds is 11. The van der Waals surface area contributed by atoms with E-state index < -0.39 is 10.8 Å². The second-order valence-corrected chi connectivity index (χ2v) is 9.42. The maximum Gasteiger partial charge on any atom is 0.270 e. The summed E-state index contributed by atoms with van der Waals surface area (Å²) in [5, 5.41) is 23.6. The van der Waals surface area contributed by atoms with Gasteiger partial charge in [-0.1, -0.05) is 61.7 Å². The van der Waals surface area contributed by atoms with Crippen LogP contribution in [0.3, 0.4) is 0 Å². The molecule has 0 radical (unpaired) electrons. The number of nitro benzene ring substituents is 1. The molecular formula is C31H31N3O5. The Morgan fingerprint density at radius 2 is 1.72 bits per heavy atom. The molecule has 0 heterocycles. The van der Waals surface area contributed by atoms with Crippen LogP contribution in [0.5, 0.6) is 11.5 Å². The number of hydrogen-bond donors (Lipinski definition) is 1. The van der Waals surface area contributed by atoms with Gasteiger partial charge in [-0.25, -0.2) is 0 Å². The van der Waals surface area contributed by atoms with Gasteiger partial charge in [0, 0.05) is 24.2 Å². The number of hydrogen-bond acceptors (Lipinski definition) is 6. The molecule has 39 heavy (non-hydrogen) atoms. The second kappa shape index (κ2) is 13.8. The number of carbonyl (C=O) groups is 1. The van der Waals surface area contributed by atoms with E-state index in [1.54, 1.807) is 0 Å². The van der Waals surface area contributed by atoms with Crippen LogP contribution in [0.1, 0.15) is 54.7 Å². The van der Waals surface area contributed by atoms with Crippen molar-refractivity contribution in [2.45, 2.75) is 44.6 Å². The maximum atomic E-state index is 12.6. The average molecular weight is 526 g/mol. The predicted molar refractivity (Wildman–Crippen MR) is 148 cm³/mol. The van der Waals surface area contributed by atoms with Crippen molar-refractivity contribution in [1.82, 2.24) is 5.32 Å². The molecule has 1 aliphatic carbocycles. The van der Waals surface area contributed by atoms with Gasteiger partial charge in [0.05, 0.1) is 4.92 Å². The Bertz CT molecular complexity index is 1340. The first-order chi connectivity index (χ1) is 19.0.